The lowest BCUT2D eigenvalue weighted by Gasteiger charge is -2.00. The Kier molecular flexibility index (Phi) is 4.52. The van der Waals surface area contributed by atoms with Crippen molar-refractivity contribution >= 4 is 17.5 Å². The number of carbonyl (C=O) groups excluding carboxylic acids is 1. The molecule has 2 rings (SSSR count). The number of ketones is 1. The number of hydrogen-bond acceptors (Lipinski definition) is 4. The van der Waals surface area contributed by atoms with E-state index in [1.807, 2.05) is 0 Å². The number of thioether (sulfide) groups is 1. The molecule has 0 saturated carbocycles. The van der Waals surface area contributed by atoms with Crippen molar-refractivity contribution in [3.05, 3.63) is 48.1 Å². The predicted molar refractivity (Wildman–Crippen MR) is 67.2 cm³/mol. The van der Waals surface area contributed by atoms with E-state index < -0.39 is 0 Å². The van der Waals surface area contributed by atoms with Crippen LogP contribution in [0.1, 0.15) is 23.2 Å². The van der Waals surface area contributed by atoms with E-state index in [4.69, 9.17) is 4.42 Å². The topological polar surface area (TPSA) is 43.1 Å². The molecule has 5 heteroatoms. The first-order chi connectivity index (χ1) is 8.75. The third-order valence-corrected chi connectivity index (χ3v) is 3.29. The van der Waals surface area contributed by atoms with Crippen molar-refractivity contribution in [3.63, 3.8) is 0 Å². The first kappa shape index (κ1) is 12.8. The molecule has 94 valence electrons. The number of hydrogen-bond donors (Lipinski definition) is 0. The fourth-order valence-corrected chi connectivity index (χ4v) is 2.18. The van der Waals surface area contributed by atoms with Crippen molar-refractivity contribution in [3.8, 4) is 0 Å². The fourth-order valence-electron chi connectivity index (χ4n) is 1.45. The number of oxazole rings is 1. The van der Waals surface area contributed by atoms with Gasteiger partial charge in [0.15, 0.2) is 5.78 Å². The van der Waals surface area contributed by atoms with Gasteiger partial charge in [-0.05, 0) is 30.7 Å². The number of benzene rings is 1. The van der Waals surface area contributed by atoms with Crippen LogP contribution in [0.25, 0.3) is 0 Å². The summed E-state index contributed by atoms with van der Waals surface area (Å²) >= 11 is 1.48. The van der Waals surface area contributed by atoms with Gasteiger partial charge in [-0.15, -0.1) is 0 Å². The number of aromatic nitrogens is 1. The molecule has 1 aromatic carbocycles. The monoisotopic (exact) mass is 265 g/mol. The summed E-state index contributed by atoms with van der Waals surface area (Å²) in [4.78, 5) is 15.7. The predicted octanol–water partition coefficient (Wildman–Crippen LogP) is 3.57. The van der Waals surface area contributed by atoms with Crippen molar-refractivity contribution in [2.45, 2.75) is 18.1 Å². The maximum absolute atomic E-state index is 12.7. The molecule has 1 heterocycles. The first-order valence-electron chi connectivity index (χ1n) is 5.57. The molecule has 0 aliphatic carbocycles. The number of carbonyl (C=O) groups is 1. The maximum Gasteiger partial charge on any atom is 0.255 e. The lowest BCUT2D eigenvalue weighted by molar-refractivity contribution is 0.0982. The van der Waals surface area contributed by atoms with Crippen LogP contribution in [0.3, 0.4) is 0 Å². The lowest BCUT2D eigenvalue weighted by atomic mass is 10.1. The van der Waals surface area contributed by atoms with E-state index in [0.29, 0.717) is 17.2 Å². The third-order valence-electron chi connectivity index (χ3n) is 2.35. The summed E-state index contributed by atoms with van der Waals surface area (Å²) in [6.45, 7) is 0. The Bertz CT molecular complexity index is 496. The normalized spacial score (nSPS) is 10.5. The van der Waals surface area contributed by atoms with E-state index in [1.54, 1.807) is 6.20 Å². The van der Waals surface area contributed by atoms with Crippen molar-refractivity contribution < 1.29 is 13.6 Å². The molecule has 0 spiro atoms. The molecule has 0 fully saturated rings. The van der Waals surface area contributed by atoms with Crippen LogP contribution in [0, 0.1) is 5.82 Å². The van der Waals surface area contributed by atoms with E-state index in [-0.39, 0.29) is 11.6 Å². The van der Waals surface area contributed by atoms with Crippen molar-refractivity contribution in [1.29, 1.82) is 0 Å². The Morgan fingerprint density at radius 3 is 2.78 bits per heavy atom. The molecule has 0 unspecified atom stereocenters. The summed E-state index contributed by atoms with van der Waals surface area (Å²) in [5, 5.41) is 0.615. The summed E-state index contributed by atoms with van der Waals surface area (Å²) in [7, 11) is 0. The zero-order chi connectivity index (χ0) is 12.8. The zero-order valence-electron chi connectivity index (χ0n) is 9.64. The molecule has 0 aliphatic rings. The van der Waals surface area contributed by atoms with E-state index in [0.717, 1.165) is 12.2 Å². The number of rotatable bonds is 6. The van der Waals surface area contributed by atoms with E-state index in [9.17, 15) is 9.18 Å². The molecule has 0 amide bonds. The molecular formula is C13H12FNO2S. The standard InChI is InChI=1S/C13H12FNO2S/c14-11-5-3-10(4-6-11)12(16)2-1-9-18-13-15-7-8-17-13/h3-8H,1-2,9H2. The molecule has 0 aliphatic heterocycles. The Morgan fingerprint density at radius 2 is 2.11 bits per heavy atom. The van der Waals surface area contributed by atoms with Gasteiger partial charge in [0.1, 0.15) is 12.1 Å². The maximum atomic E-state index is 12.7. The van der Waals surface area contributed by atoms with Gasteiger partial charge >= 0.3 is 0 Å². The molecule has 0 saturated heterocycles. The highest BCUT2D eigenvalue weighted by Gasteiger charge is 2.06. The summed E-state index contributed by atoms with van der Waals surface area (Å²) in [5.41, 5.74) is 0.553. The lowest BCUT2D eigenvalue weighted by Crippen LogP contribution is -1.99. The average molecular weight is 265 g/mol. The van der Waals surface area contributed by atoms with E-state index >= 15 is 0 Å². The SMILES string of the molecule is O=C(CCCSc1ncco1)c1ccc(F)cc1. The third kappa shape index (κ3) is 3.70. The van der Waals surface area contributed by atoms with E-state index in [2.05, 4.69) is 4.98 Å². The average Bonchev–Trinajstić information content (AvgIpc) is 2.88. The van der Waals surface area contributed by atoms with Gasteiger partial charge in [-0.25, -0.2) is 9.37 Å². The van der Waals surface area contributed by atoms with Gasteiger partial charge in [0.25, 0.3) is 5.22 Å². The van der Waals surface area contributed by atoms with Gasteiger partial charge in [0, 0.05) is 17.7 Å². The van der Waals surface area contributed by atoms with Crippen LogP contribution < -0.4 is 0 Å². The van der Waals surface area contributed by atoms with Crippen LogP contribution >= 0.6 is 11.8 Å². The van der Waals surface area contributed by atoms with Crippen LogP contribution in [0.2, 0.25) is 0 Å². The molecule has 3 nitrogen and oxygen atoms in total. The van der Waals surface area contributed by atoms with Crippen LogP contribution in [0.5, 0.6) is 0 Å². The minimum absolute atomic E-state index is 0.0306. The van der Waals surface area contributed by atoms with Gasteiger partial charge in [-0.3, -0.25) is 4.79 Å². The van der Waals surface area contributed by atoms with Crippen LogP contribution in [-0.4, -0.2) is 16.5 Å². The van der Waals surface area contributed by atoms with Gasteiger partial charge in [0.2, 0.25) is 0 Å². The van der Waals surface area contributed by atoms with Gasteiger partial charge in [0.05, 0.1) is 6.20 Å². The number of nitrogens with zero attached hydrogens (tertiary/aromatic N) is 1. The molecule has 0 N–H and O–H groups in total. The van der Waals surface area contributed by atoms with Gasteiger partial charge in [-0.1, -0.05) is 11.8 Å². The van der Waals surface area contributed by atoms with Crippen LogP contribution in [0.15, 0.2) is 46.4 Å². The zero-order valence-corrected chi connectivity index (χ0v) is 10.5. The summed E-state index contributed by atoms with van der Waals surface area (Å²) in [6, 6.07) is 5.63. The minimum Gasteiger partial charge on any atom is -0.440 e. The quantitative estimate of drug-likeness (QED) is 0.455. The number of Topliss-reactive ketones (excluding diaryl/α,β-unsaturated/α-hetero) is 1. The summed E-state index contributed by atoms with van der Waals surface area (Å²) < 4.78 is 17.7. The second-order valence-corrected chi connectivity index (χ2v) is 4.73. The number of halogens is 1. The molecule has 0 bridgehead atoms. The fraction of sp³-hybridized carbons (Fsp3) is 0.231. The molecule has 0 atom stereocenters. The second kappa shape index (κ2) is 6.35. The first-order valence-corrected chi connectivity index (χ1v) is 6.55. The van der Waals surface area contributed by atoms with Crippen LogP contribution in [0.4, 0.5) is 4.39 Å². The highest BCUT2D eigenvalue weighted by atomic mass is 32.2. The minimum atomic E-state index is -0.328. The van der Waals surface area contributed by atoms with Gasteiger partial charge in [-0.2, -0.15) is 0 Å². The molecule has 2 aromatic rings. The summed E-state index contributed by atoms with van der Waals surface area (Å²) in [5.74, 6) is 0.474. The Hall–Kier alpha value is -1.62. The molecule has 18 heavy (non-hydrogen) atoms. The van der Waals surface area contributed by atoms with Gasteiger partial charge < -0.3 is 4.42 Å². The summed E-state index contributed by atoms with van der Waals surface area (Å²) in [6.07, 6.45) is 4.29. The molecule has 1 aromatic heterocycles. The Balaban J connectivity index is 1.73. The second-order valence-electron chi connectivity index (χ2n) is 3.68. The van der Waals surface area contributed by atoms with Crippen LogP contribution in [-0.2, 0) is 0 Å². The van der Waals surface area contributed by atoms with Crippen molar-refractivity contribution in [1.82, 2.24) is 4.98 Å². The Morgan fingerprint density at radius 1 is 1.33 bits per heavy atom. The largest absolute Gasteiger partial charge is 0.440 e. The van der Waals surface area contributed by atoms with E-state index in [1.165, 1.54) is 42.3 Å². The smallest absolute Gasteiger partial charge is 0.255 e. The molecule has 0 radical (unpaired) electrons. The van der Waals surface area contributed by atoms with Crippen molar-refractivity contribution in [2.24, 2.45) is 0 Å². The Labute approximate surface area is 108 Å². The van der Waals surface area contributed by atoms with Crippen molar-refractivity contribution in [2.75, 3.05) is 5.75 Å². The highest BCUT2D eigenvalue weighted by Crippen LogP contribution is 2.17. The highest BCUT2D eigenvalue weighted by molar-refractivity contribution is 7.99. The molecular weight excluding hydrogens is 253 g/mol.